The first kappa shape index (κ1) is 15.7. The van der Waals surface area contributed by atoms with Gasteiger partial charge in [0, 0.05) is 35.6 Å². The maximum atomic E-state index is 12.7. The molecule has 6 heteroatoms. The molecule has 1 aliphatic rings. The highest BCUT2D eigenvalue weighted by molar-refractivity contribution is 7.09. The van der Waals surface area contributed by atoms with Crippen molar-refractivity contribution in [1.82, 2.24) is 9.88 Å². The van der Waals surface area contributed by atoms with Crippen LogP contribution in [0.5, 0.6) is 0 Å². The van der Waals surface area contributed by atoms with Crippen LogP contribution in [0.25, 0.3) is 0 Å². The molecular formula is C17H18N2O3S. The van der Waals surface area contributed by atoms with Crippen molar-refractivity contribution in [2.75, 3.05) is 13.1 Å². The summed E-state index contributed by atoms with van der Waals surface area (Å²) in [5.74, 6) is -0.852. The van der Waals surface area contributed by atoms with Crippen LogP contribution in [0.1, 0.15) is 50.2 Å². The van der Waals surface area contributed by atoms with Crippen molar-refractivity contribution in [1.29, 1.82) is 0 Å². The quantitative estimate of drug-likeness (QED) is 0.938. The van der Waals surface area contributed by atoms with Crippen molar-refractivity contribution in [3.8, 4) is 0 Å². The van der Waals surface area contributed by atoms with Crippen molar-refractivity contribution in [2.45, 2.75) is 25.7 Å². The molecule has 0 saturated carbocycles. The Morgan fingerprint density at radius 2 is 2.13 bits per heavy atom. The predicted molar refractivity (Wildman–Crippen MR) is 88.1 cm³/mol. The molecule has 1 saturated heterocycles. The fraction of sp³-hybridized carbons (Fsp3) is 0.353. The molecule has 0 bridgehead atoms. The number of aromatic nitrogens is 1. The van der Waals surface area contributed by atoms with Gasteiger partial charge in [0.1, 0.15) is 0 Å². The van der Waals surface area contributed by atoms with Gasteiger partial charge in [0.05, 0.1) is 10.6 Å². The Kier molecular flexibility index (Phi) is 4.43. The summed E-state index contributed by atoms with van der Waals surface area (Å²) in [5, 5.41) is 12.2. The summed E-state index contributed by atoms with van der Waals surface area (Å²) < 4.78 is 0. The van der Waals surface area contributed by atoms with Gasteiger partial charge in [-0.1, -0.05) is 6.07 Å². The van der Waals surface area contributed by atoms with Crippen molar-refractivity contribution in [3.05, 3.63) is 51.5 Å². The number of aromatic carboxylic acids is 1. The van der Waals surface area contributed by atoms with Gasteiger partial charge in [-0.3, -0.25) is 4.79 Å². The van der Waals surface area contributed by atoms with Gasteiger partial charge in [-0.2, -0.15) is 0 Å². The number of carboxylic acid groups (broad SMARTS) is 1. The molecule has 0 radical (unpaired) electrons. The molecule has 5 nitrogen and oxygen atoms in total. The molecule has 1 atom stereocenters. The summed E-state index contributed by atoms with van der Waals surface area (Å²) in [6, 6.07) is 6.23. The predicted octanol–water partition coefficient (Wildman–Crippen LogP) is 3.17. The lowest BCUT2D eigenvalue weighted by Gasteiger charge is -2.32. The Balaban J connectivity index is 1.77. The highest BCUT2D eigenvalue weighted by atomic mass is 32.1. The van der Waals surface area contributed by atoms with Gasteiger partial charge in [0.25, 0.3) is 5.91 Å². The number of rotatable bonds is 3. The number of carboxylic acids is 1. The Bertz CT molecular complexity index is 741. The van der Waals surface area contributed by atoms with E-state index in [9.17, 15) is 9.59 Å². The molecule has 1 N–H and O–H groups in total. The number of thiazole rings is 1. The SMILES string of the molecule is Cc1csc([C@@H]2CCCN(C(=O)c3cccc(C(=O)O)c3)C2)n1. The summed E-state index contributed by atoms with van der Waals surface area (Å²) in [4.78, 5) is 30.1. The van der Waals surface area contributed by atoms with Gasteiger partial charge in [0.15, 0.2) is 0 Å². The number of amides is 1. The normalized spacial score (nSPS) is 18.0. The Morgan fingerprint density at radius 1 is 1.35 bits per heavy atom. The fourth-order valence-corrected chi connectivity index (χ4v) is 3.82. The number of carbonyl (C=O) groups is 2. The van der Waals surface area contributed by atoms with Crippen molar-refractivity contribution < 1.29 is 14.7 Å². The molecule has 1 aliphatic heterocycles. The van der Waals surface area contributed by atoms with E-state index in [0.29, 0.717) is 18.7 Å². The molecule has 0 spiro atoms. The Hall–Kier alpha value is -2.21. The van der Waals surface area contributed by atoms with Crippen LogP contribution in [0.15, 0.2) is 29.6 Å². The van der Waals surface area contributed by atoms with Crippen LogP contribution in [-0.2, 0) is 0 Å². The Morgan fingerprint density at radius 3 is 2.83 bits per heavy atom. The van der Waals surface area contributed by atoms with Gasteiger partial charge in [-0.25, -0.2) is 9.78 Å². The van der Waals surface area contributed by atoms with E-state index in [2.05, 4.69) is 4.98 Å². The van der Waals surface area contributed by atoms with Gasteiger partial charge >= 0.3 is 5.97 Å². The average Bonchev–Trinajstić information content (AvgIpc) is 3.01. The molecule has 0 aliphatic carbocycles. The van der Waals surface area contributed by atoms with E-state index in [1.807, 2.05) is 17.2 Å². The van der Waals surface area contributed by atoms with Gasteiger partial charge in [-0.15, -0.1) is 11.3 Å². The van der Waals surface area contributed by atoms with E-state index >= 15 is 0 Å². The maximum absolute atomic E-state index is 12.7. The molecule has 0 unspecified atom stereocenters. The summed E-state index contributed by atoms with van der Waals surface area (Å²) in [6.45, 7) is 3.32. The van der Waals surface area contributed by atoms with Gasteiger partial charge in [0.2, 0.25) is 0 Å². The third-order valence-electron chi connectivity index (χ3n) is 4.05. The number of hydrogen-bond donors (Lipinski definition) is 1. The zero-order valence-corrected chi connectivity index (χ0v) is 13.7. The average molecular weight is 330 g/mol. The highest BCUT2D eigenvalue weighted by Crippen LogP contribution is 2.29. The topological polar surface area (TPSA) is 70.5 Å². The molecule has 2 heterocycles. The lowest BCUT2D eigenvalue weighted by Crippen LogP contribution is -2.39. The van der Waals surface area contributed by atoms with E-state index < -0.39 is 5.97 Å². The van der Waals surface area contributed by atoms with E-state index in [-0.39, 0.29) is 17.4 Å². The van der Waals surface area contributed by atoms with Crippen LogP contribution < -0.4 is 0 Å². The highest BCUT2D eigenvalue weighted by Gasteiger charge is 2.27. The minimum absolute atomic E-state index is 0.105. The minimum Gasteiger partial charge on any atom is -0.478 e. The molecule has 3 rings (SSSR count). The number of benzene rings is 1. The molecule has 1 amide bonds. The molecule has 2 aromatic rings. The maximum Gasteiger partial charge on any atom is 0.335 e. The number of piperidine rings is 1. The third-order valence-corrected chi connectivity index (χ3v) is 5.18. The Labute approximate surface area is 138 Å². The zero-order valence-electron chi connectivity index (χ0n) is 12.9. The summed E-state index contributed by atoms with van der Waals surface area (Å²) in [6.07, 6.45) is 1.97. The number of nitrogens with zero attached hydrogens (tertiary/aromatic N) is 2. The second-order valence-electron chi connectivity index (χ2n) is 5.80. The van der Waals surface area contributed by atoms with Crippen LogP contribution in [-0.4, -0.2) is 40.0 Å². The van der Waals surface area contributed by atoms with E-state index in [1.54, 1.807) is 23.5 Å². The van der Waals surface area contributed by atoms with E-state index in [1.165, 1.54) is 12.1 Å². The number of carbonyl (C=O) groups excluding carboxylic acids is 1. The first-order valence-electron chi connectivity index (χ1n) is 7.59. The van der Waals surface area contributed by atoms with Crippen molar-refractivity contribution >= 4 is 23.2 Å². The zero-order chi connectivity index (χ0) is 16.4. The standard InChI is InChI=1S/C17H18N2O3S/c1-11-10-23-15(18-11)14-6-3-7-19(9-14)16(20)12-4-2-5-13(8-12)17(21)22/h2,4-5,8,10,14H,3,6-7,9H2,1H3,(H,21,22)/t14-/m1/s1. The van der Waals surface area contributed by atoms with Crippen LogP contribution in [0, 0.1) is 6.92 Å². The van der Waals surface area contributed by atoms with Gasteiger partial charge in [-0.05, 0) is 38.0 Å². The van der Waals surface area contributed by atoms with Crippen molar-refractivity contribution in [2.24, 2.45) is 0 Å². The second kappa shape index (κ2) is 6.50. The number of aryl methyl sites for hydroxylation is 1. The van der Waals surface area contributed by atoms with E-state index in [4.69, 9.17) is 5.11 Å². The van der Waals surface area contributed by atoms with Crippen LogP contribution in [0.4, 0.5) is 0 Å². The molecule has 1 fully saturated rings. The minimum atomic E-state index is -1.02. The molecular weight excluding hydrogens is 312 g/mol. The fourth-order valence-electron chi connectivity index (χ4n) is 2.89. The molecule has 1 aromatic heterocycles. The third kappa shape index (κ3) is 3.42. The second-order valence-corrected chi connectivity index (χ2v) is 6.69. The van der Waals surface area contributed by atoms with E-state index in [0.717, 1.165) is 23.5 Å². The molecule has 120 valence electrons. The summed E-state index contributed by atoms with van der Waals surface area (Å²) >= 11 is 1.65. The van der Waals surface area contributed by atoms with Gasteiger partial charge < -0.3 is 10.0 Å². The van der Waals surface area contributed by atoms with Crippen LogP contribution in [0.3, 0.4) is 0 Å². The van der Waals surface area contributed by atoms with Crippen LogP contribution >= 0.6 is 11.3 Å². The molecule has 1 aromatic carbocycles. The van der Waals surface area contributed by atoms with Crippen LogP contribution in [0.2, 0.25) is 0 Å². The monoisotopic (exact) mass is 330 g/mol. The first-order valence-corrected chi connectivity index (χ1v) is 8.47. The first-order chi connectivity index (χ1) is 11.0. The summed E-state index contributed by atoms with van der Waals surface area (Å²) in [7, 11) is 0. The largest absolute Gasteiger partial charge is 0.478 e. The lowest BCUT2D eigenvalue weighted by molar-refractivity contribution is 0.0697. The summed E-state index contributed by atoms with van der Waals surface area (Å²) in [5.41, 5.74) is 1.59. The molecule has 23 heavy (non-hydrogen) atoms. The van der Waals surface area contributed by atoms with Crippen molar-refractivity contribution in [3.63, 3.8) is 0 Å². The smallest absolute Gasteiger partial charge is 0.335 e. The number of hydrogen-bond acceptors (Lipinski definition) is 4. The number of likely N-dealkylation sites (tertiary alicyclic amines) is 1. The lowest BCUT2D eigenvalue weighted by atomic mass is 9.97.